The minimum absolute atomic E-state index is 0.134. The maximum absolute atomic E-state index is 13.6. The van der Waals surface area contributed by atoms with E-state index in [2.05, 4.69) is 40.9 Å². The zero-order valence-corrected chi connectivity index (χ0v) is 17.9. The molecule has 0 bridgehead atoms. The number of aromatic nitrogens is 4. The predicted molar refractivity (Wildman–Crippen MR) is 123 cm³/mol. The molecule has 0 radical (unpaired) electrons. The number of rotatable bonds is 4. The van der Waals surface area contributed by atoms with Crippen LogP contribution in [0.3, 0.4) is 0 Å². The third kappa shape index (κ3) is 3.75. The summed E-state index contributed by atoms with van der Waals surface area (Å²) in [5.74, 6) is -0.134. The van der Waals surface area contributed by atoms with Gasteiger partial charge in [-0.15, -0.1) is 0 Å². The molecule has 0 saturated heterocycles. The highest BCUT2D eigenvalue weighted by Gasteiger charge is 2.23. The molecule has 0 fully saturated rings. The van der Waals surface area contributed by atoms with E-state index >= 15 is 0 Å². The first-order chi connectivity index (χ1) is 15.1. The van der Waals surface area contributed by atoms with Gasteiger partial charge in [0.2, 0.25) is 0 Å². The minimum atomic E-state index is -0.134. The van der Waals surface area contributed by atoms with Gasteiger partial charge in [0.1, 0.15) is 0 Å². The van der Waals surface area contributed by atoms with Crippen molar-refractivity contribution in [3.05, 3.63) is 89.5 Å². The van der Waals surface area contributed by atoms with Crippen LogP contribution in [-0.2, 0) is 6.54 Å². The monoisotopic (exact) mass is 425 g/mol. The average Bonchev–Trinajstić information content (AvgIpc) is 3.21. The molecule has 31 heavy (non-hydrogen) atoms. The lowest BCUT2D eigenvalue weighted by atomic mass is 10.1. The van der Waals surface area contributed by atoms with Crippen LogP contribution >= 0.6 is 11.3 Å². The molecule has 1 amide bonds. The second kappa shape index (κ2) is 7.85. The average molecular weight is 426 g/mol. The molecule has 0 unspecified atom stereocenters. The van der Waals surface area contributed by atoms with E-state index in [-0.39, 0.29) is 5.91 Å². The van der Waals surface area contributed by atoms with Crippen LogP contribution in [0, 0.1) is 13.8 Å². The van der Waals surface area contributed by atoms with Crippen molar-refractivity contribution in [1.29, 1.82) is 0 Å². The van der Waals surface area contributed by atoms with Gasteiger partial charge in [-0.25, -0.2) is 4.98 Å². The van der Waals surface area contributed by atoms with Crippen LogP contribution in [0.15, 0.2) is 67.3 Å². The predicted octanol–water partition coefficient (Wildman–Crippen LogP) is 5.10. The first kappa shape index (κ1) is 19.3. The van der Waals surface area contributed by atoms with Crippen molar-refractivity contribution in [2.45, 2.75) is 20.4 Å². The number of fused-ring (bicyclic) bond motifs is 2. The van der Waals surface area contributed by atoms with Gasteiger partial charge in [-0.1, -0.05) is 23.5 Å². The Bertz CT molecular complexity index is 1410. The Balaban J connectivity index is 1.61. The minimum Gasteiger partial charge on any atom is -0.279 e. The number of nitrogens with zero attached hydrogens (tertiary/aromatic N) is 5. The van der Waals surface area contributed by atoms with E-state index in [0.29, 0.717) is 22.8 Å². The fourth-order valence-electron chi connectivity index (χ4n) is 3.63. The van der Waals surface area contributed by atoms with Gasteiger partial charge in [0, 0.05) is 30.4 Å². The van der Waals surface area contributed by atoms with E-state index in [9.17, 15) is 4.79 Å². The van der Waals surface area contributed by atoms with E-state index in [0.717, 1.165) is 32.4 Å². The maximum Gasteiger partial charge on any atom is 0.260 e. The van der Waals surface area contributed by atoms with E-state index in [1.165, 1.54) is 11.3 Å². The first-order valence-electron chi connectivity index (χ1n) is 9.88. The van der Waals surface area contributed by atoms with Gasteiger partial charge in [0.15, 0.2) is 5.13 Å². The number of aryl methyl sites for hydroxylation is 2. The van der Waals surface area contributed by atoms with Crippen molar-refractivity contribution in [1.82, 2.24) is 19.9 Å². The molecule has 3 heterocycles. The largest absolute Gasteiger partial charge is 0.279 e. The van der Waals surface area contributed by atoms with Crippen LogP contribution in [0.25, 0.3) is 21.3 Å². The van der Waals surface area contributed by atoms with Crippen LogP contribution in [-0.4, -0.2) is 25.8 Å². The molecule has 3 aromatic heterocycles. The highest BCUT2D eigenvalue weighted by molar-refractivity contribution is 7.22. The highest BCUT2D eigenvalue weighted by Crippen LogP contribution is 2.33. The van der Waals surface area contributed by atoms with Gasteiger partial charge >= 0.3 is 0 Å². The SMILES string of the molecule is Cc1cc(C)c2sc(N(Cc3cccnc3)C(=O)c3ccc4nccnc4c3)nc2c1. The fraction of sp³-hybridized carbons (Fsp3) is 0.125. The van der Waals surface area contributed by atoms with E-state index in [1.807, 2.05) is 18.2 Å². The number of amides is 1. The van der Waals surface area contributed by atoms with Crippen molar-refractivity contribution in [3.8, 4) is 0 Å². The molecule has 5 rings (SSSR count). The summed E-state index contributed by atoms with van der Waals surface area (Å²) < 4.78 is 1.09. The molecule has 0 N–H and O–H groups in total. The van der Waals surface area contributed by atoms with Crippen LogP contribution < -0.4 is 4.90 Å². The molecule has 0 aliphatic rings. The third-order valence-electron chi connectivity index (χ3n) is 5.06. The van der Waals surface area contributed by atoms with E-state index < -0.39 is 0 Å². The first-order valence-corrected chi connectivity index (χ1v) is 10.7. The number of hydrogen-bond acceptors (Lipinski definition) is 6. The Morgan fingerprint density at radius 3 is 2.61 bits per heavy atom. The van der Waals surface area contributed by atoms with Crippen LogP contribution in [0.4, 0.5) is 5.13 Å². The molecule has 0 aliphatic heterocycles. The lowest BCUT2D eigenvalue weighted by Crippen LogP contribution is -2.30. The number of hydrogen-bond donors (Lipinski definition) is 0. The van der Waals surface area contributed by atoms with Crippen LogP contribution in [0.5, 0.6) is 0 Å². The summed E-state index contributed by atoms with van der Waals surface area (Å²) in [6, 6.07) is 13.4. The summed E-state index contributed by atoms with van der Waals surface area (Å²) in [5.41, 5.74) is 6.14. The normalized spacial score (nSPS) is 11.2. The summed E-state index contributed by atoms with van der Waals surface area (Å²) in [6.07, 6.45) is 6.77. The Kier molecular flexibility index (Phi) is 4.88. The lowest BCUT2D eigenvalue weighted by Gasteiger charge is -2.20. The fourth-order valence-corrected chi connectivity index (χ4v) is 4.65. The van der Waals surface area contributed by atoms with Gasteiger partial charge in [0.25, 0.3) is 5.91 Å². The van der Waals surface area contributed by atoms with Gasteiger partial charge in [-0.2, -0.15) is 0 Å². The maximum atomic E-state index is 13.6. The molecule has 0 atom stereocenters. The van der Waals surface area contributed by atoms with Crippen molar-refractivity contribution in [2.75, 3.05) is 4.90 Å². The molecule has 152 valence electrons. The van der Waals surface area contributed by atoms with Crippen molar-refractivity contribution >= 4 is 43.6 Å². The van der Waals surface area contributed by atoms with Crippen molar-refractivity contribution < 1.29 is 4.79 Å². The number of thiazole rings is 1. The molecule has 0 saturated carbocycles. The number of pyridine rings is 1. The van der Waals surface area contributed by atoms with E-state index in [1.54, 1.807) is 41.8 Å². The van der Waals surface area contributed by atoms with E-state index in [4.69, 9.17) is 4.98 Å². The zero-order chi connectivity index (χ0) is 21.4. The Labute approximate surface area is 183 Å². The second-order valence-electron chi connectivity index (χ2n) is 7.44. The van der Waals surface area contributed by atoms with Crippen molar-refractivity contribution in [2.24, 2.45) is 0 Å². The number of carbonyl (C=O) groups is 1. The molecule has 7 heteroatoms. The molecule has 5 aromatic rings. The molecule has 6 nitrogen and oxygen atoms in total. The summed E-state index contributed by atoms with van der Waals surface area (Å²) in [4.78, 5) is 33.0. The summed E-state index contributed by atoms with van der Waals surface area (Å²) in [6.45, 7) is 4.51. The van der Waals surface area contributed by atoms with Gasteiger partial charge in [-0.3, -0.25) is 24.6 Å². The number of benzene rings is 2. The molecule has 0 spiro atoms. The third-order valence-corrected chi connectivity index (χ3v) is 6.29. The standard InChI is InChI=1S/C24H19N5OS/c1-15-10-16(2)22-21(11-15)28-24(31-22)29(14-17-4-3-7-25-13-17)23(30)18-5-6-19-20(12-18)27-9-8-26-19/h3-13H,14H2,1-2H3. The second-order valence-corrected chi connectivity index (χ2v) is 8.42. The Hall–Kier alpha value is -3.71. The van der Waals surface area contributed by atoms with Gasteiger partial charge in [-0.05, 0) is 60.9 Å². The molecule has 0 aliphatic carbocycles. The quantitative estimate of drug-likeness (QED) is 0.401. The smallest absolute Gasteiger partial charge is 0.260 e. The molecule has 2 aromatic carbocycles. The topological polar surface area (TPSA) is 71.9 Å². The summed E-state index contributed by atoms with van der Waals surface area (Å²) in [7, 11) is 0. The van der Waals surface area contributed by atoms with Gasteiger partial charge < -0.3 is 0 Å². The lowest BCUT2D eigenvalue weighted by molar-refractivity contribution is 0.0985. The Morgan fingerprint density at radius 1 is 0.968 bits per heavy atom. The van der Waals surface area contributed by atoms with Crippen LogP contribution in [0.1, 0.15) is 27.0 Å². The molecular formula is C24H19N5OS. The summed E-state index contributed by atoms with van der Waals surface area (Å²) in [5, 5.41) is 0.664. The molecular weight excluding hydrogens is 406 g/mol. The summed E-state index contributed by atoms with van der Waals surface area (Å²) >= 11 is 1.53. The van der Waals surface area contributed by atoms with Crippen LogP contribution in [0.2, 0.25) is 0 Å². The number of carbonyl (C=O) groups excluding carboxylic acids is 1. The van der Waals surface area contributed by atoms with Crippen molar-refractivity contribution in [3.63, 3.8) is 0 Å². The zero-order valence-electron chi connectivity index (χ0n) is 17.1. The highest BCUT2D eigenvalue weighted by atomic mass is 32.1. The van der Waals surface area contributed by atoms with Gasteiger partial charge in [0.05, 0.1) is 27.8 Å². The Morgan fingerprint density at radius 2 is 1.81 bits per heavy atom. The number of anilines is 1.